The molecule has 0 aliphatic rings. The predicted molar refractivity (Wildman–Crippen MR) is 84.4 cm³/mol. The highest BCUT2D eigenvalue weighted by molar-refractivity contribution is 7.16. The molecule has 0 heterocycles. The Kier molecular flexibility index (Phi) is 7.32. The first-order chi connectivity index (χ1) is 8.88. The van der Waals surface area contributed by atoms with Crippen LogP contribution in [0, 0.1) is 0 Å². The Morgan fingerprint density at radius 3 is 1.58 bits per heavy atom. The van der Waals surface area contributed by atoms with Gasteiger partial charge in [0.25, 0.3) is 0 Å². The second kappa shape index (κ2) is 8.79. The fourth-order valence-electron chi connectivity index (χ4n) is 1.58. The second-order valence-electron chi connectivity index (χ2n) is 3.87. The minimum absolute atomic E-state index is 0. The van der Waals surface area contributed by atoms with Crippen LogP contribution in [0.2, 0.25) is 0 Å². The number of rotatable bonds is 6. The molecule has 0 fully saturated rings. The molecular formula is C15H18ClO2P. The Hall–Kier alpha value is -1.24. The molecule has 0 aromatic heterocycles. The molecule has 0 bridgehead atoms. The normalized spacial score (nSPS) is 9.79. The van der Waals surface area contributed by atoms with E-state index >= 15 is 0 Å². The number of ether oxygens (including phenoxy) is 2. The molecule has 2 rings (SSSR count). The summed E-state index contributed by atoms with van der Waals surface area (Å²) >= 11 is 0. The van der Waals surface area contributed by atoms with Crippen LogP contribution in [0.4, 0.5) is 0 Å². The van der Waals surface area contributed by atoms with Gasteiger partial charge in [-0.25, -0.2) is 0 Å². The molecule has 2 aromatic carbocycles. The van der Waals surface area contributed by atoms with Gasteiger partial charge >= 0.3 is 0 Å². The largest absolute Gasteiger partial charge is 0.455 e. The van der Waals surface area contributed by atoms with E-state index in [2.05, 4.69) is 9.24 Å². The summed E-state index contributed by atoms with van der Waals surface area (Å²) in [5.41, 5.74) is 0. The molecule has 102 valence electrons. The first-order valence-corrected chi connectivity index (χ1v) is 6.83. The lowest BCUT2D eigenvalue weighted by Gasteiger charge is -2.20. The molecule has 0 aliphatic heterocycles. The zero-order chi connectivity index (χ0) is 12.6. The summed E-state index contributed by atoms with van der Waals surface area (Å²) < 4.78 is 11.6. The van der Waals surface area contributed by atoms with Crippen LogP contribution in [0.15, 0.2) is 60.7 Å². The van der Waals surface area contributed by atoms with Crippen LogP contribution in [-0.4, -0.2) is 12.5 Å². The van der Waals surface area contributed by atoms with E-state index in [1.54, 1.807) is 0 Å². The topological polar surface area (TPSA) is 18.5 Å². The smallest absolute Gasteiger partial charge is 0.241 e. The van der Waals surface area contributed by atoms with Crippen molar-refractivity contribution in [1.29, 1.82) is 0 Å². The molecular weight excluding hydrogens is 279 g/mol. The Labute approximate surface area is 122 Å². The van der Waals surface area contributed by atoms with E-state index in [0.717, 1.165) is 24.1 Å². The Balaban J connectivity index is 0.00000180. The van der Waals surface area contributed by atoms with Gasteiger partial charge in [0, 0.05) is 6.42 Å². The average Bonchev–Trinajstić information content (AvgIpc) is 2.41. The number of hydrogen-bond acceptors (Lipinski definition) is 2. The monoisotopic (exact) mass is 296 g/mol. The summed E-state index contributed by atoms with van der Waals surface area (Å²) in [7, 11) is 2.70. The highest BCUT2D eigenvalue weighted by atomic mass is 35.5. The van der Waals surface area contributed by atoms with Gasteiger partial charge in [0.2, 0.25) is 6.29 Å². The zero-order valence-electron chi connectivity index (χ0n) is 10.6. The fraction of sp³-hybridized carbons (Fsp3) is 0.200. The van der Waals surface area contributed by atoms with Crippen molar-refractivity contribution in [3.8, 4) is 11.5 Å². The Morgan fingerprint density at radius 2 is 1.21 bits per heavy atom. The Morgan fingerprint density at radius 1 is 0.789 bits per heavy atom. The van der Waals surface area contributed by atoms with Crippen molar-refractivity contribution in [3.05, 3.63) is 60.7 Å². The van der Waals surface area contributed by atoms with Crippen LogP contribution in [0.25, 0.3) is 0 Å². The molecule has 1 unspecified atom stereocenters. The Bertz CT molecular complexity index is 409. The summed E-state index contributed by atoms with van der Waals surface area (Å²) in [6, 6.07) is 19.5. The van der Waals surface area contributed by atoms with E-state index in [0.29, 0.717) is 0 Å². The molecule has 19 heavy (non-hydrogen) atoms. The predicted octanol–water partition coefficient (Wildman–Crippen LogP) is 4.16. The standard InChI is InChI=1S/C15H17O2P.ClH/c18-12-11-15(16-13-7-3-1-4-8-13)17-14-9-5-2-6-10-14;/h1-10,15H,11-12,18H2;1H. The van der Waals surface area contributed by atoms with Crippen molar-refractivity contribution in [3.63, 3.8) is 0 Å². The van der Waals surface area contributed by atoms with Crippen molar-refractivity contribution in [1.82, 2.24) is 0 Å². The van der Waals surface area contributed by atoms with Crippen molar-refractivity contribution in [2.45, 2.75) is 12.7 Å². The van der Waals surface area contributed by atoms with E-state index in [-0.39, 0.29) is 18.7 Å². The quantitative estimate of drug-likeness (QED) is 0.589. The van der Waals surface area contributed by atoms with Crippen molar-refractivity contribution >= 4 is 21.6 Å². The maximum absolute atomic E-state index is 5.82. The summed E-state index contributed by atoms with van der Waals surface area (Å²) in [4.78, 5) is 0. The minimum atomic E-state index is -0.257. The summed E-state index contributed by atoms with van der Waals surface area (Å²) in [6.07, 6.45) is 1.51. The summed E-state index contributed by atoms with van der Waals surface area (Å²) in [5.74, 6) is 1.66. The maximum atomic E-state index is 5.82. The lowest BCUT2D eigenvalue weighted by Crippen LogP contribution is -2.24. The van der Waals surface area contributed by atoms with E-state index in [9.17, 15) is 0 Å². The van der Waals surface area contributed by atoms with E-state index in [1.807, 2.05) is 60.7 Å². The van der Waals surface area contributed by atoms with Gasteiger partial charge in [0.15, 0.2) is 0 Å². The number of halogens is 1. The van der Waals surface area contributed by atoms with Crippen molar-refractivity contribution < 1.29 is 9.47 Å². The third-order valence-electron chi connectivity index (χ3n) is 2.42. The lowest BCUT2D eigenvalue weighted by atomic mass is 10.3. The molecule has 0 amide bonds. The molecule has 0 N–H and O–H groups in total. The van der Waals surface area contributed by atoms with Gasteiger partial charge in [-0.3, -0.25) is 0 Å². The summed E-state index contributed by atoms with van der Waals surface area (Å²) in [5, 5.41) is 0. The average molecular weight is 297 g/mol. The lowest BCUT2D eigenvalue weighted by molar-refractivity contribution is 0.00423. The summed E-state index contributed by atoms with van der Waals surface area (Å²) in [6.45, 7) is 0. The molecule has 2 aromatic rings. The molecule has 0 spiro atoms. The van der Waals surface area contributed by atoms with Crippen LogP contribution >= 0.6 is 21.6 Å². The molecule has 2 nitrogen and oxygen atoms in total. The van der Waals surface area contributed by atoms with Crippen LogP contribution in [0.1, 0.15) is 6.42 Å². The minimum Gasteiger partial charge on any atom is -0.455 e. The SMILES string of the molecule is Cl.PCCC(Oc1ccccc1)Oc1ccccc1. The first-order valence-electron chi connectivity index (χ1n) is 6.02. The van der Waals surface area contributed by atoms with Gasteiger partial charge in [0.05, 0.1) is 0 Å². The third-order valence-corrected chi connectivity index (χ3v) is 2.76. The highest BCUT2D eigenvalue weighted by Crippen LogP contribution is 2.17. The molecule has 1 atom stereocenters. The number of para-hydroxylation sites is 2. The zero-order valence-corrected chi connectivity index (χ0v) is 12.5. The molecule has 0 aliphatic carbocycles. The molecule has 0 saturated carbocycles. The van der Waals surface area contributed by atoms with Crippen LogP contribution in [0.3, 0.4) is 0 Å². The number of benzene rings is 2. The maximum Gasteiger partial charge on any atom is 0.241 e. The van der Waals surface area contributed by atoms with Crippen molar-refractivity contribution in [2.75, 3.05) is 6.16 Å². The van der Waals surface area contributed by atoms with E-state index < -0.39 is 0 Å². The van der Waals surface area contributed by atoms with Gasteiger partial charge in [-0.1, -0.05) is 36.4 Å². The van der Waals surface area contributed by atoms with Crippen LogP contribution < -0.4 is 9.47 Å². The molecule has 0 saturated heterocycles. The molecule has 4 heteroatoms. The fourth-order valence-corrected chi connectivity index (χ4v) is 1.85. The van der Waals surface area contributed by atoms with Gasteiger partial charge in [-0.05, 0) is 30.4 Å². The second-order valence-corrected chi connectivity index (χ2v) is 4.45. The van der Waals surface area contributed by atoms with Crippen molar-refractivity contribution in [2.24, 2.45) is 0 Å². The van der Waals surface area contributed by atoms with E-state index in [4.69, 9.17) is 9.47 Å². The first kappa shape index (κ1) is 15.8. The van der Waals surface area contributed by atoms with Gasteiger partial charge in [-0.2, -0.15) is 0 Å². The van der Waals surface area contributed by atoms with E-state index in [1.165, 1.54) is 0 Å². The van der Waals surface area contributed by atoms with Crippen LogP contribution in [-0.2, 0) is 0 Å². The number of hydrogen-bond donors (Lipinski definition) is 0. The third kappa shape index (κ3) is 5.50. The van der Waals surface area contributed by atoms with Gasteiger partial charge in [-0.15, -0.1) is 21.6 Å². The van der Waals surface area contributed by atoms with Gasteiger partial charge < -0.3 is 9.47 Å². The van der Waals surface area contributed by atoms with Gasteiger partial charge in [0.1, 0.15) is 11.5 Å². The highest BCUT2D eigenvalue weighted by Gasteiger charge is 2.10. The molecule has 0 radical (unpaired) electrons. The van der Waals surface area contributed by atoms with Crippen LogP contribution in [0.5, 0.6) is 11.5 Å².